The summed E-state index contributed by atoms with van der Waals surface area (Å²) < 4.78 is 31.4. The fraction of sp³-hybridized carbons (Fsp3) is 0.200. The second kappa shape index (κ2) is 7.84. The fourth-order valence-corrected chi connectivity index (χ4v) is 4.47. The van der Waals surface area contributed by atoms with Gasteiger partial charge in [0.05, 0.1) is 13.2 Å². The Morgan fingerprint density at radius 2 is 1.54 bits per heavy atom. The van der Waals surface area contributed by atoms with Gasteiger partial charge in [0.25, 0.3) is 0 Å². The third-order valence-corrected chi connectivity index (χ3v) is 5.71. The van der Waals surface area contributed by atoms with Gasteiger partial charge < -0.3 is 9.79 Å². The predicted octanol–water partition coefficient (Wildman–Crippen LogP) is 5.08. The van der Waals surface area contributed by atoms with Crippen LogP contribution >= 0.6 is 16.5 Å². The SMILES string of the molecule is O=POCC(COP(=O)(O)O)Cc1ccc2ccc3cccc4ccc1c2c34. The average molecular weight is 416 g/mol. The van der Waals surface area contributed by atoms with Crippen LogP contribution in [0.2, 0.25) is 0 Å². The largest absolute Gasteiger partial charge is 0.469 e. The molecule has 0 aliphatic rings. The van der Waals surface area contributed by atoms with Crippen LogP contribution in [0.1, 0.15) is 5.56 Å². The van der Waals surface area contributed by atoms with Crippen molar-refractivity contribution in [1.29, 1.82) is 0 Å². The first-order valence-corrected chi connectivity index (χ1v) is 11.0. The summed E-state index contributed by atoms with van der Waals surface area (Å²) in [7, 11) is -5.06. The van der Waals surface area contributed by atoms with E-state index in [-0.39, 0.29) is 19.1 Å². The van der Waals surface area contributed by atoms with Gasteiger partial charge in [0.1, 0.15) is 0 Å². The van der Waals surface area contributed by atoms with Crippen LogP contribution in [0.25, 0.3) is 32.3 Å². The molecule has 0 aliphatic carbocycles. The van der Waals surface area contributed by atoms with E-state index in [4.69, 9.17) is 14.3 Å². The minimum Gasteiger partial charge on any atom is -0.303 e. The summed E-state index contributed by atoms with van der Waals surface area (Å²) in [4.78, 5) is 18.0. The summed E-state index contributed by atoms with van der Waals surface area (Å²) in [6.07, 6.45) is 0.476. The van der Waals surface area contributed by atoms with Gasteiger partial charge in [-0.2, -0.15) is 0 Å². The van der Waals surface area contributed by atoms with E-state index >= 15 is 0 Å². The molecule has 2 N–H and O–H groups in total. The maximum Gasteiger partial charge on any atom is 0.469 e. The molecule has 4 aromatic carbocycles. The minimum absolute atomic E-state index is 0.0625. The van der Waals surface area contributed by atoms with Crippen LogP contribution in [0.15, 0.2) is 54.6 Å². The topological polar surface area (TPSA) is 93.1 Å². The van der Waals surface area contributed by atoms with Crippen LogP contribution in [-0.2, 0) is 24.6 Å². The molecule has 4 rings (SSSR count). The monoisotopic (exact) mass is 416 g/mol. The molecular weight excluding hydrogens is 398 g/mol. The molecule has 1 atom stereocenters. The standard InChI is InChI=1S/C20H18O6P2/c21-27-25-11-13(12-26-28(22,23)24)10-17-7-6-16-5-4-14-2-1-3-15-8-9-18(17)20(16)19(14)15/h1-9,13H,10-12H2,(H2,22,23,24). The van der Waals surface area contributed by atoms with Crippen molar-refractivity contribution in [3.05, 3.63) is 60.2 Å². The molecule has 0 radical (unpaired) electrons. The Hall–Kier alpha value is -1.91. The molecule has 0 bridgehead atoms. The number of hydrogen-bond donors (Lipinski definition) is 2. The van der Waals surface area contributed by atoms with Gasteiger partial charge in [-0.3, -0.25) is 9.05 Å². The molecule has 8 heteroatoms. The van der Waals surface area contributed by atoms with Crippen molar-refractivity contribution >= 4 is 48.8 Å². The van der Waals surface area contributed by atoms with Crippen molar-refractivity contribution in [3.8, 4) is 0 Å². The van der Waals surface area contributed by atoms with Crippen LogP contribution in [0.5, 0.6) is 0 Å². The van der Waals surface area contributed by atoms with E-state index in [0.717, 1.165) is 16.3 Å². The lowest BCUT2D eigenvalue weighted by molar-refractivity contribution is 0.142. The molecule has 0 amide bonds. The molecule has 0 saturated heterocycles. The Morgan fingerprint density at radius 3 is 2.21 bits per heavy atom. The van der Waals surface area contributed by atoms with E-state index in [1.165, 1.54) is 21.5 Å². The number of phosphoric acid groups is 1. The molecule has 0 heterocycles. The van der Waals surface area contributed by atoms with Gasteiger partial charge in [0, 0.05) is 5.92 Å². The molecule has 1 unspecified atom stereocenters. The first-order chi connectivity index (χ1) is 13.5. The van der Waals surface area contributed by atoms with Crippen LogP contribution in [-0.4, -0.2) is 23.0 Å². The third kappa shape index (κ3) is 3.94. The molecule has 6 nitrogen and oxygen atoms in total. The molecule has 0 spiro atoms. The van der Waals surface area contributed by atoms with E-state index in [1.54, 1.807) is 0 Å². The normalized spacial score (nSPS) is 13.8. The summed E-state index contributed by atoms with van der Waals surface area (Å²) in [6, 6.07) is 18.7. The zero-order chi connectivity index (χ0) is 19.7. The number of benzene rings is 4. The maximum atomic E-state index is 11.1. The zero-order valence-corrected chi connectivity index (χ0v) is 16.6. The predicted molar refractivity (Wildman–Crippen MR) is 109 cm³/mol. The van der Waals surface area contributed by atoms with Gasteiger partial charge in [-0.05, 0) is 44.3 Å². The van der Waals surface area contributed by atoms with Crippen LogP contribution in [0.3, 0.4) is 0 Å². The highest BCUT2D eigenvalue weighted by atomic mass is 31.2. The highest BCUT2D eigenvalue weighted by Crippen LogP contribution is 2.38. The van der Waals surface area contributed by atoms with Gasteiger partial charge in [0.2, 0.25) is 0 Å². The average Bonchev–Trinajstić information content (AvgIpc) is 2.68. The first-order valence-electron chi connectivity index (χ1n) is 8.76. The number of hydrogen-bond acceptors (Lipinski definition) is 4. The zero-order valence-electron chi connectivity index (χ0n) is 14.8. The number of phosphoric ester groups is 1. The summed E-state index contributed by atoms with van der Waals surface area (Å²) in [6.45, 7) is -0.130. The van der Waals surface area contributed by atoms with Gasteiger partial charge in [-0.15, -0.1) is 0 Å². The molecule has 0 aromatic heterocycles. The highest BCUT2D eigenvalue weighted by molar-refractivity contribution is 7.46. The molecule has 0 aliphatic heterocycles. The Labute approximate surface area is 162 Å². The van der Waals surface area contributed by atoms with Crippen molar-refractivity contribution in [3.63, 3.8) is 0 Å². The molecular formula is C20H18O6P2. The second-order valence-electron chi connectivity index (χ2n) is 6.81. The molecule has 4 aromatic rings. The van der Waals surface area contributed by atoms with Gasteiger partial charge in [-0.1, -0.05) is 54.6 Å². The molecule has 28 heavy (non-hydrogen) atoms. The quantitative estimate of drug-likeness (QED) is 0.308. The fourth-order valence-electron chi connectivity index (χ4n) is 3.79. The van der Waals surface area contributed by atoms with Gasteiger partial charge in [0.15, 0.2) is 0 Å². The number of rotatable bonds is 8. The lowest BCUT2D eigenvalue weighted by Crippen LogP contribution is -2.17. The minimum atomic E-state index is -4.59. The summed E-state index contributed by atoms with van der Waals surface area (Å²) in [5, 5.41) is 6.94. The smallest absolute Gasteiger partial charge is 0.303 e. The van der Waals surface area contributed by atoms with Crippen molar-refractivity contribution in [2.45, 2.75) is 6.42 Å². The van der Waals surface area contributed by atoms with Gasteiger partial charge in [-0.25, -0.2) is 9.13 Å². The highest BCUT2D eigenvalue weighted by Gasteiger charge is 2.20. The van der Waals surface area contributed by atoms with Crippen molar-refractivity contribution in [2.24, 2.45) is 5.92 Å². The first kappa shape index (κ1) is 19.4. The summed E-state index contributed by atoms with van der Waals surface area (Å²) >= 11 is 0. The van der Waals surface area contributed by atoms with Crippen LogP contribution in [0, 0.1) is 5.92 Å². The molecule has 0 saturated carbocycles. The van der Waals surface area contributed by atoms with E-state index in [9.17, 15) is 9.13 Å². The van der Waals surface area contributed by atoms with Crippen molar-refractivity contribution in [1.82, 2.24) is 0 Å². The van der Waals surface area contributed by atoms with Crippen LogP contribution < -0.4 is 0 Å². The van der Waals surface area contributed by atoms with E-state index < -0.39 is 16.5 Å². The molecule has 144 valence electrons. The summed E-state index contributed by atoms with van der Waals surface area (Å²) in [5.41, 5.74) is 1.02. The lowest BCUT2D eigenvalue weighted by atomic mass is 9.89. The van der Waals surface area contributed by atoms with Crippen LogP contribution in [0.4, 0.5) is 0 Å². The van der Waals surface area contributed by atoms with E-state index in [2.05, 4.69) is 47.0 Å². The Kier molecular flexibility index (Phi) is 5.44. The van der Waals surface area contributed by atoms with E-state index in [0.29, 0.717) is 6.42 Å². The van der Waals surface area contributed by atoms with E-state index in [1.807, 2.05) is 12.1 Å². The van der Waals surface area contributed by atoms with Crippen molar-refractivity contribution < 1.29 is 28.0 Å². The maximum absolute atomic E-state index is 11.1. The summed E-state index contributed by atoms with van der Waals surface area (Å²) in [5.74, 6) is -0.354. The Balaban J connectivity index is 1.76. The Morgan fingerprint density at radius 1 is 0.893 bits per heavy atom. The van der Waals surface area contributed by atoms with Crippen molar-refractivity contribution in [2.75, 3.05) is 13.2 Å². The third-order valence-electron chi connectivity index (χ3n) is 4.97. The second-order valence-corrected chi connectivity index (χ2v) is 8.45. The van der Waals surface area contributed by atoms with Gasteiger partial charge >= 0.3 is 16.5 Å². The lowest BCUT2D eigenvalue weighted by Gasteiger charge is -2.19. The molecule has 0 fully saturated rings. The Bertz CT molecular complexity index is 1170.